The molecule has 0 bridgehead atoms. The van der Waals surface area contributed by atoms with E-state index >= 15 is 0 Å². The predicted molar refractivity (Wildman–Crippen MR) is 117 cm³/mol. The highest BCUT2D eigenvalue weighted by molar-refractivity contribution is 6.78. The Morgan fingerprint density at radius 2 is 1.29 bits per heavy atom. The van der Waals surface area contributed by atoms with Gasteiger partial charge in [0.15, 0.2) is 0 Å². The molecule has 1 atom stereocenters. The summed E-state index contributed by atoms with van der Waals surface area (Å²) in [6.07, 6.45) is -0.727. The number of aliphatic hydroxyl groups is 2. The Bertz CT molecular complexity index is 588. The molecule has 0 fully saturated rings. The molecule has 6 heteroatoms. The Labute approximate surface area is 172 Å². The summed E-state index contributed by atoms with van der Waals surface area (Å²) < 4.78 is 18.0. The molecule has 0 radical (unpaired) electrons. The van der Waals surface area contributed by atoms with Crippen LogP contribution < -0.4 is 13.9 Å². The summed E-state index contributed by atoms with van der Waals surface area (Å²) in [6.45, 7) is 16.6. The molecule has 2 N–H and O–H groups in total. The van der Waals surface area contributed by atoms with Gasteiger partial charge in [-0.1, -0.05) is 41.5 Å². The van der Waals surface area contributed by atoms with E-state index < -0.39 is 20.0 Å². The number of hydrogen-bond donors (Lipinski definition) is 2. The standard InChI is InChI=1S/C22H40O5Si/c1-14(2)28(15(3)4,16(5)6)27-17-11-19(25-9)18(20(12-17)26-10)13-21(23)22(7,8)24/h11-12,14-16,21,23-24H,13H2,1-10H3/t21-/m1/s1. The zero-order chi connectivity index (χ0) is 21.9. The van der Waals surface area contributed by atoms with Gasteiger partial charge in [-0.2, -0.15) is 0 Å². The highest BCUT2D eigenvalue weighted by Gasteiger charge is 2.47. The lowest BCUT2D eigenvalue weighted by molar-refractivity contribution is -0.0473. The molecule has 0 spiro atoms. The van der Waals surface area contributed by atoms with Crippen molar-refractivity contribution in [1.82, 2.24) is 0 Å². The first-order valence-electron chi connectivity index (χ1n) is 10.2. The lowest BCUT2D eigenvalue weighted by Crippen LogP contribution is -2.50. The number of rotatable bonds is 10. The Hall–Kier alpha value is -1.24. The predicted octanol–water partition coefficient (Wildman–Crippen LogP) is 4.93. The largest absolute Gasteiger partial charge is 0.543 e. The second kappa shape index (κ2) is 9.50. The van der Waals surface area contributed by atoms with Crippen molar-refractivity contribution in [3.05, 3.63) is 17.7 Å². The third kappa shape index (κ3) is 5.22. The Morgan fingerprint density at radius 3 is 1.57 bits per heavy atom. The third-order valence-corrected chi connectivity index (χ3v) is 11.8. The van der Waals surface area contributed by atoms with Crippen LogP contribution in [0.3, 0.4) is 0 Å². The normalized spacial score (nSPS) is 14.0. The van der Waals surface area contributed by atoms with Crippen LogP contribution >= 0.6 is 0 Å². The number of hydrogen-bond acceptors (Lipinski definition) is 5. The fourth-order valence-corrected chi connectivity index (χ4v) is 9.45. The number of aliphatic hydroxyl groups excluding tert-OH is 1. The SMILES string of the molecule is COc1cc(O[Si](C(C)C)(C(C)C)C(C)C)cc(OC)c1C[C@@H](O)C(C)(C)O. The molecule has 0 heterocycles. The fourth-order valence-electron chi connectivity index (χ4n) is 4.22. The van der Waals surface area contributed by atoms with E-state index in [0.717, 1.165) is 11.3 Å². The van der Waals surface area contributed by atoms with Gasteiger partial charge in [-0.3, -0.25) is 0 Å². The first-order valence-corrected chi connectivity index (χ1v) is 12.3. The highest BCUT2D eigenvalue weighted by atomic mass is 28.4. The van der Waals surface area contributed by atoms with Crippen LogP contribution in [0.1, 0.15) is 61.0 Å². The number of benzene rings is 1. The maximum atomic E-state index is 10.4. The smallest absolute Gasteiger partial charge is 0.258 e. The average molecular weight is 413 g/mol. The zero-order valence-corrected chi connectivity index (χ0v) is 20.3. The summed E-state index contributed by atoms with van der Waals surface area (Å²) >= 11 is 0. The quantitative estimate of drug-likeness (QED) is 0.533. The van der Waals surface area contributed by atoms with Gasteiger partial charge >= 0.3 is 0 Å². The van der Waals surface area contributed by atoms with Crippen molar-refractivity contribution in [1.29, 1.82) is 0 Å². The first-order chi connectivity index (χ1) is 12.8. The maximum Gasteiger partial charge on any atom is 0.258 e. The van der Waals surface area contributed by atoms with Gasteiger partial charge < -0.3 is 24.1 Å². The Kier molecular flexibility index (Phi) is 8.42. The molecule has 1 aromatic carbocycles. The van der Waals surface area contributed by atoms with Gasteiger partial charge in [0.1, 0.15) is 17.2 Å². The minimum absolute atomic E-state index is 0.219. The van der Waals surface area contributed by atoms with Gasteiger partial charge in [0, 0.05) is 24.1 Å². The van der Waals surface area contributed by atoms with Gasteiger partial charge in [-0.25, -0.2) is 0 Å². The maximum absolute atomic E-state index is 10.4. The summed E-state index contributed by atoms with van der Waals surface area (Å²) in [6, 6.07) is 3.76. The average Bonchev–Trinajstić information content (AvgIpc) is 2.58. The van der Waals surface area contributed by atoms with Crippen molar-refractivity contribution in [3.63, 3.8) is 0 Å². The summed E-state index contributed by atoms with van der Waals surface area (Å²) in [5.41, 5.74) is 0.835. The minimum Gasteiger partial charge on any atom is -0.543 e. The molecule has 28 heavy (non-hydrogen) atoms. The summed E-state index contributed by atoms with van der Waals surface area (Å²) in [4.78, 5) is 0. The van der Waals surface area contributed by atoms with E-state index in [0.29, 0.717) is 28.1 Å². The van der Waals surface area contributed by atoms with Crippen molar-refractivity contribution in [2.45, 2.75) is 90.1 Å². The van der Waals surface area contributed by atoms with Gasteiger partial charge in [-0.15, -0.1) is 0 Å². The van der Waals surface area contributed by atoms with Gasteiger partial charge in [0.2, 0.25) is 0 Å². The van der Waals surface area contributed by atoms with Gasteiger partial charge in [-0.05, 0) is 30.5 Å². The molecular formula is C22H40O5Si. The molecule has 0 amide bonds. The summed E-state index contributed by atoms with van der Waals surface area (Å²) in [7, 11) is 1.07. The van der Waals surface area contributed by atoms with E-state index in [1.807, 2.05) is 12.1 Å². The monoisotopic (exact) mass is 412 g/mol. The van der Waals surface area contributed by atoms with Crippen LogP contribution in [0.25, 0.3) is 0 Å². The van der Waals surface area contributed by atoms with E-state index in [1.165, 1.54) is 0 Å². The minimum atomic E-state index is -2.12. The Morgan fingerprint density at radius 1 is 0.893 bits per heavy atom. The zero-order valence-electron chi connectivity index (χ0n) is 19.3. The van der Waals surface area contributed by atoms with Crippen molar-refractivity contribution in [3.8, 4) is 17.2 Å². The summed E-state index contributed by atoms with van der Waals surface area (Å²) in [5, 5.41) is 20.5. The molecular weight excluding hydrogens is 372 g/mol. The molecule has 0 unspecified atom stereocenters. The molecule has 0 aliphatic rings. The van der Waals surface area contributed by atoms with E-state index in [4.69, 9.17) is 13.9 Å². The summed E-state index contributed by atoms with van der Waals surface area (Å²) in [5.74, 6) is 1.92. The molecule has 1 aromatic rings. The van der Waals surface area contributed by atoms with E-state index in [2.05, 4.69) is 41.5 Å². The van der Waals surface area contributed by atoms with Crippen LogP contribution in [-0.2, 0) is 6.42 Å². The fraction of sp³-hybridized carbons (Fsp3) is 0.727. The van der Waals surface area contributed by atoms with Crippen LogP contribution in [-0.4, -0.2) is 44.5 Å². The molecule has 162 valence electrons. The molecule has 0 aliphatic carbocycles. The van der Waals surface area contributed by atoms with E-state index in [1.54, 1.807) is 28.1 Å². The van der Waals surface area contributed by atoms with Gasteiger partial charge in [0.25, 0.3) is 8.32 Å². The van der Waals surface area contributed by atoms with Crippen molar-refractivity contribution >= 4 is 8.32 Å². The van der Waals surface area contributed by atoms with Crippen molar-refractivity contribution in [2.75, 3.05) is 14.2 Å². The van der Waals surface area contributed by atoms with Crippen molar-refractivity contribution in [2.24, 2.45) is 0 Å². The third-order valence-electron chi connectivity index (χ3n) is 5.80. The van der Waals surface area contributed by atoms with Crippen LogP contribution in [0.4, 0.5) is 0 Å². The second-order valence-corrected chi connectivity index (χ2v) is 14.5. The molecule has 5 nitrogen and oxygen atoms in total. The molecule has 0 saturated heterocycles. The number of ether oxygens (including phenoxy) is 2. The van der Waals surface area contributed by atoms with E-state index in [9.17, 15) is 10.2 Å². The lowest BCUT2D eigenvalue weighted by atomic mass is 9.94. The lowest BCUT2D eigenvalue weighted by Gasteiger charge is -2.42. The van der Waals surface area contributed by atoms with Crippen molar-refractivity contribution < 1.29 is 24.1 Å². The first kappa shape index (κ1) is 24.8. The second-order valence-electron chi connectivity index (χ2n) is 9.10. The molecule has 0 saturated carbocycles. The highest BCUT2D eigenvalue weighted by Crippen LogP contribution is 2.45. The molecule has 0 aliphatic heterocycles. The van der Waals surface area contributed by atoms with Gasteiger partial charge in [0.05, 0.1) is 25.9 Å². The Balaban J connectivity index is 3.44. The van der Waals surface area contributed by atoms with Crippen LogP contribution in [0.2, 0.25) is 16.6 Å². The number of methoxy groups -OCH3 is 2. The topological polar surface area (TPSA) is 68.2 Å². The van der Waals surface area contributed by atoms with Crippen LogP contribution in [0.15, 0.2) is 12.1 Å². The van der Waals surface area contributed by atoms with Crippen LogP contribution in [0.5, 0.6) is 17.2 Å². The molecule has 1 rings (SSSR count). The van der Waals surface area contributed by atoms with E-state index in [-0.39, 0.29) is 6.42 Å². The molecule has 0 aromatic heterocycles. The van der Waals surface area contributed by atoms with Crippen LogP contribution in [0, 0.1) is 0 Å².